The van der Waals surface area contributed by atoms with Crippen molar-refractivity contribution in [3.63, 3.8) is 0 Å². The van der Waals surface area contributed by atoms with E-state index in [2.05, 4.69) is 41.4 Å². The topological polar surface area (TPSA) is 89.0 Å². The van der Waals surface area contributed by atoms with Crippen molar-refractivity contribution < 1.29 is 5.11 Å². The fraction of sp³-hybridized carbons (Fsp3) is 0.192. The summed E-state index contributed by atoms with van der Waals surface area (Å²) in [6.45, 7) is 0.200. The SMILES string of the molecule is CN(c1cccc(-c2ccc(C3(CO)CC3)cc2)c1)c1nc(=N)n(C=N)c2cc(Cl)ccc12. The highest BCUT2D eigenvalue weighted by molar-refractivity contribution is 6.31. The predicted octanol–water partition coefficient (Wildman–Crippen LogP) is 5.08. The Labute approximate surface area is 196 Å². The summed E-state index contributed by atoms with van der Waals surface area (Å²) in [7, 11) is 1.92. The number of fused-ring (bicyclic) bond motifs is 1. The standard InChI is InChI=1S/C26H24ClN5O/c1-31(24-22-10-9-20(27)14-23(22)32(16-28)25(29)30-24)21-4-2-3-18(13-21)17-5-7-19(8-6-17)26(15-33)11-12-26/h2-10,13-14,16,28-29,33H,11-12,15H2,1H3. The fourth-order valence-electron chi connectivity index (χ4n) is 4.33. The van der Waals surface area contributed by atoms with Crippen LogP contribution in [0.15, 0.2) is 66.7 Å². The molecule has 0 saturated heterocycles. The number of aliphatic hydroxyl groups is 1. The van der Waals surface area contributed by atoms with Crippen LogP contribution in [0.25, 0.3) is 22.0 Å². The summed E-state index contributed by atoms with van der Waals surface area (Å²) in [4.78, 5) is 6.42. The van der Waals surface area contributed by atoms with Gasteiger partial charge in [-0.25, -0.2) is 0 Å². The zero-order valence-electron chi connectivity index (χ0n) is 18.2. The monoisotopic (exact) mass is 457 g/mol. The molecular formula is C26H24ClN5O. The van der Waals surface area contributed by atoms with Crippen LogP contribution in [-0.4, -0.2) is 34.7 Å². The molecule has 7 heteroatoms. The van der Waals surface area contributed by atoms with E-state index in [9.17, 15) is 5.11 Å². The summed E-state index contributed by atoms with van der Waals surface area (Å²) in [6, 6.07) is 22.0. The predicted molar refractivity (Wildman–Crippen MR) is 133 cm³/mol. The van der Waals surface area contributed by atoms with E-state index in [-0.39, 0.29) is 17.6 Å². The summed E-state index contributed by atoms with van der Waals surface area (Å²) < 4.78 is 1.40. The van der Waals surface area contributed by atoms with E-state index >= 15 is 0 Å². The van der Waals surface area contributed by atoms with Gasteiger partial charge in [0, 0.05) is 28.6 Å². The van der Waals surface area contributed by atoms with Gasteiger partial charge in [0.15, 0.2) is 0 Å². The molecule has 1 heterocycles. The summed E-state index contributed by atoms with van der Waals surface area (Å²) in [5.74, 6) is 0.621. The number of benzene rings is 3. The first-order valence-electron chi connectivity index (χ1n) is 10.8. The van der Waals surface area contributed by atoms with Crippen molar-refractivity contribution >= 4 is 40.3 Å². The van der Waals surface area contributed by atoms with Gasteiger partial charge < -0.3 is 10.0 Å². The molecule has 1 fully saturated rings. The molecule has 1 aliphatic carbocycles. The van der Waals surface area contributed by atoms with Crippen molar-refractivity contribution in [3.8, 4) is 11.1 Å². The molecule has 1 aliphatic rings. The molecule has 0 unspecified atom stereocenters. The largest absolute Gasteiger partial charge is 0.395 e. The lowest BCUT2D eigenvalue weighted by molar-refractivity contribution is 0.255. The van der Waals surface area contributed by atoms with Crippen molar-refractivity contribution in [2.75, 3.05) is 18.6 Å². The normalized spacial score (nSPS) is 14.3. The van der Waals surface area contributed by atoms with E-state index in [0.29, 0.717) is 16.4 Å². The van der Waals surface area contributed by atoms with Crippen LogP contribution in [0.1, 0.15) is 18.4 Å². The quantitative estimate of drug-likeness (QED) is 0.278. The van der Waals surface area contributed by atoms with Crippen LogP contribution < -0.4 is 10.5 Å². The minimum Gasteiger partial charge on any atom is -0.395 e. The number of anilines is 2. The minimum absolute atomic E-state index is 0.0359. The van der Waals surface area contributed by atoms with Gasteiger partial charge in [-0.15, -0.1) is 0 Å². The van der Waals surface area contributed by atoms with Gasteiger partial charge in [-0.3, -0.25) is 15.4 Å². The Morgan fingerprint density at radius 3 is 2.52 bits per heavy atom. The molecule has 0 atom stereocenters. The molecule has 1 aromatic heterocycles. The molecule has 3 N–H and O–H groups in total. The first kappa shape index (κ1) is 21.4. The van der Waals surface area contributed by atoms with Crippen LogP contribution in [0.3, 0.4) is 0 Å². The third-order valence-electron chi connectivity index (χ3n) is 6.57. The third-order valence-corrected chi connectivity index (χ3v) is 6.80. The van der Waals surface area contributed by atoms with Crippen molar-refractivity contribution in [1.82, 2.24) is 9.55 Å². The molecule has 4 aromatic rings. The summed E-state index contributed by atoms with van der Waals surface area (Å²) in [6.07, 6.45) is 3.16. The van der Waals surface area contributed by atoms with Gasteiger partial charge in [-0.05, 0) is 59.9 Å². The second kappa shape index (κ2) is 8.14. The molecule has 0 amide bonds. The highest BCUT2D eigenvalue weighted by atomic mass is 35.5. The molecule has 0 radical (unpaired) electrons. The Bertz CT molecular complexity index is 1420. The van der Waals surface area contributed by atoms with Crippen LogP contribution in [0.2, 0.25) is 5.02 Å². The van der Waals surface area contributed by atoms with Gasteiger partial charge in [-0.2, -0.15) is 4.98 Å². The van der Waals surface area contributed by atoms with Gasteiger partial charge in [0.25, 0.3) is 0 Å². The van der Waals surface area contributed by atoms with E-state index in [1.54, 1.807) is 12.1 Å². The molecule has 166 valence electrons. The molecule has 3 aromatic carbocycles. The van der Waals surface area contributed by atoms with Crippen LogP contribution in [0, 0.1) is 10.8 Å². The second-order valence-corrected chi connectivity index (χ2v) is 8.98. The Hall–Kier alpha value is -3.48. The third kappa shape index (κ3) is 3.71. The average molecular weight is 458 g/mol. The van der Waals surface area contributed by atoms with Gasteiger partial charge in [0.05, 0.1) is 18.5 Å². The molecule has 33 heavy (non-hydrogen) atoms. The molecule has 1 saturated carbocycles. The first-order chi connectivity index (χ1) is 16.0. The summed E-state index contributed by atoms with van der Waals surface area (Å²) in [5.41, 5.74) is 4.89. The van der Waals surface area contributed by atoms with Crippen LogP contribution in [-0.2, 0) is 5.41 Å². The van der Waals surface area contributed by atoms with Gasteiger partial charge in [0.1, 0.15) is 5.82 Å². The van der Waals surface area contributed by atoms with Crippen molar-refractivity contribution in [3.05, 3.63) is 82.9 Å². The fourth-order valence-corrected chi connectivity index (χ4v) is 4.50. The van der Waals surface area contributed by atoms with E-state index in [1.165, 1.54) is 10.1 Å². The Balaban J connectivity index is 1.54. The maximum absolute atomic E-state index is 9.70. The van der Waals surface area contributed by atoms with Crippen LogP contribution in [0.4, 0.5) is 11.5 Å². The van der Waals surface area contributed by atoms with Gasteiger partial charge >= 0.3 is 0 Å². The zero-order chi connectivity index (χ0) is 23.2. The Kier molecular flexibility index (Phi) is 5.27. The Morgan fingerprint density at radius 1 is 1.09 bits per heavy atom. The maximum atomic E-state index is 9.70. The number of nitrogens with zero attached hydrogens (tertiary/aromatic N) is 3. The van der Waals surface area contributed by atoms with Crippen LogP contribution in [0.5, 0.6) is 0 Å². The molecule has 5 rings (SSSR count). The summed E-state index contributed by atoms with van der Waals surface area (Å²) >= 11 is 6.19. The maximum Gasteiger partial charge on any atom is 0.229 e. The van der Waals surface area contributed by atoms with E-state index in [4.69, 9.17) is 22.4 Å². The van der Waals surface area contributed by atoms with Crippen LogP contribution >= 0.6 is 11.6 Å². The van der Waals surface area contributed by atoms with E-state index in [0.717, 1.165) is 41.4 Å². The lowest BCUT2D eigenvalue weighted by Gasteiger charge is -2.22. The molecule has 0 aliphatic heterocycles. The Morgan fingerprint density at radius 2 is 1.85 bits per heavy atom. The highest BCUT2D eigenvalue weighted by Gasteiger charge is 2.43. The number of hydrogen-bond acceptors (Lipinski definition) is 5. The van der Waals surface area contributed by atoms with E-state index < -0.39 is 0 Å². The van der Waals surface area contributed by atoms with Gasteiger partial charge in [-0.1, -0.05) is 48.0 Å². The first-order valence-corrected chi connectivity index (χ1v) is 11.2. The van der Waals surface area contributed by atoms with E-state index in [1.807, 2.05) is 30.1 Å². The number of rotatable bonds is 6. The van der Waals surface area contributed by atoms with Crippen molar-refractivity contribution in [2.24, 2.45) is 0 Å². The molecule has 0 spiro atoms. The molecule has 0 bridgehead atoms. The number of aromatic nitrogens is 2. The lowest BCUT2D eigenvalue weighted by Crippen LogP contribution is -2.26. The second-order valence-electron chi connectivity index (χ2n) is 8.54. The smallest absolute Gasteiger partial charge is 0.229 e. The number of nitrogens with one attached hydrogen (secondary N) is 2. The average Bonchev–Trinajstić information content (AvgIpc) is 3.65. The highest BCUT2D eigenvalue weighted by Crippen LogP contribution is 2.48. The molecule has 6 nitrogen and oxygen atoms in total. The van der Waals surface area contributed by atoms with Crippen molar-refractivity contribution in [1.29, 1.82) is 10.8 Å². The number of halogens is 1. The lowest BCUT2D eigenvalue weighted by atomic mass is 9.94. The minimum atomic E-state index is -0.0369. The van der Waals surface area contributed by atoms with Gasteiger partial charge in [0.2, 0.25) is 5.62 Å². The molecular weight excluding hydrogens is 434 g/mol. The summed E-state index contributed by atoms with van der Waals surface area (Å²) in [5, 5.41) is 27.0. The zero-order valence-corrected chi connectivity index (χ0v) is 19.0. The number of aliphatic hydroxyl groups excluding tert-OH is 1. The number of hydrogen-bond donors (Lipinski definition) is 3. The van der Waals surface area contributed by atoms with Crippen molar-refractivity contribution in [2.45, 2.75) is 18.3 Å².